The fourth-order valence-electron chi connectivity index (χ4n) is 2.55. The Kier molecular flexibility index (Phi) is 5.50. The molecule has 8 heteroatoms. The average Bonchev–Trinajstić information content (AvgIpc) is 3.20. The van der Waals surface area contributed by atoms with Crippen LogP contribution in [0.25, 0.3) is 0 Å². The Morgan fingerprint density at radius 2 is 1.68 bits per heavy atom. The van der Waals surface area contributed by atoms with Crippen molar-refractivity contribution in [2.24, 2.45) is 0 Å². The predicted molar refractivity (Wildman–Crippen MR) is 100 cm³/mol. The van der Waals surface area contributed by atoms with Crippen molar-refractivity contribution in [3.8, 4) is 0 Å². The van der Waals surface area contributed by atoms with Crippen molar-refractivity contribution in [2.45, 2.75) is 6.54 Å². The molecule has 1 aromatic heterocycles. The minimum Gasteiger partial charge on any atom is -0.478 e. The fourth-order valence-corrected chi connectivity index (χ4v) is 2.55. The SMILES string of the molecule is CN(C(=O)c1ccc(C(=O)NCc2nocc2C(=O)O)cc1)c1ccccc1. The molecule has 0 bridgehead atoms. The van der Waals surface area contributed by atoms with Gasteiger partial charge in [-0.15, -0.1) is 0 Å². The summed E-state index contributed by atoms with van der Waals surface area (Å²) in [4.78, 5) is 37.3. The number of nitrogens with zero attached hydrogens (tertiary/aromatic N) is 2. The lowest BCUT2D eigenvalue weighted by Crippen LogP contribution is -2.26. The minimum absolute atomic E-state index is 0.0889. The van der Waals surface area contributed by atoms with Crippen LogP contribution in [0.2, 0.25) is 0 Å². The zero-order valence-electron chi connectivity index (χ0n) is 15.0. The van der Waals surface area contributed by atoms with E-state index in [1.54, 1.807) is 19.2 Å². The number of nitrogens with one attached hydrogen (secondary N) is 1. The summed E-state index contributed by atoms with van der Waals surface area (Å²) in [5, 5.41) is 15.1. The van der Waals surface area contributed by atoms with Gasteiger partial charge in [-0.1, -0.05) is 23.4 Å². The molecule has 0 atom stereocenters. The number of carbonyl (C=O) groups excluding carboxylic acids is 2. The first-order chi connectivity index (χ1) is 13.5. The van der Waals surface area contributed by atoms with Gasteiger partial charge in [-0.25, -0.2) is 4.79 Å². The molecule has 0 spiro atoms. The van der Waals surface area contributed by atoms with Crippen molar-refractivity contribution in [1.82, 2.24) is 10.5 Å². The molecular weight excluding hydrogens is 362 g/mol. The molecule has 142 valence electrons. The quantitative estimate of drug-likeness (QED) is 0.681. The summed E-state index contributed by atoms with van der Waals surface area (Å²) >= 11 is 0. The van der Waals surface area contributed by atoms with E-state index in [0.717, 1.165) is 12.0 Å². The fraction of sp³-hybridized carbons (Fsp3) is 0.100. The number of carboxylic acids is 1. The van der Waals surface area contributed by atoms with Gasteiger partial charge in [0.2, 0.25) is 0 Å². The second-order valence-corrected chi connectivity index (χ2v) is 5.94. The lowest BCUT2D eigenvalue weighted by molar-refractivity contribution is 0.0693. The zero-order chi connectivity index (χ0) is 20.1. The van der Waals surface area contributed by atoms with Crippen molar-refractivity contribution in [1.29, 1.82) is 0 Å². The number of carboxylic acid groups (broad SMARTS) is 1. The van der Waals surface area contributed by atoms with Crippen molar-refractivity contribution >= 4 is 23.5 Å². The molecule has 8 nitrogen and oxygen atoms in total. The molecule has 2 amide bonds. The van der Waals surface area contributed by atoms with Gasteiger partial charge in [0.25, 0.3) is 11.8 Å². The maximum atomic E-state index is 12.6. The molecule has 0 aliphatic rings. The topological polar surface area (TPSA) is 113 Å². The molecule has 0 aliphatic heterocycles. The number of benzene rings is 2. The van der Waals surface area contributed by atoms with Crippen LogP contribution in [0.1, 0.15) is 36.8 Å². The first-order valence-corrected chi connectivity index (χ1v) is 8.35. The Labute approximate surface area is 160 Å². The number of para-hydroxylation sites is 1. The Morgan fingerprint density at radius 1 is 1.04 bits per heavy atom. The molecule has 0 unspecified atom stereocenters. The number of carbonyl (C=O) groups is 3. The summed E-state index contributed by atoms with van der Waals surface area (Å²) < 4.78 is 4.62. The molecule has 0 saturated carbocycles. The molecule has 28 heavy (non-hydrogen) atoms. The first-order valence-electron chi connectivity index (χ1n) is 8.35. The molecule has 0 radical (unpaired) electrons. The summed E-state index contributed by atoms with van der Waals surface area (Å²) in [5.41, 5.74) is 1.55. The number of hydrogen-bond acceptors (Lipinski definition) is 5. The number of rotatable bonds is 6. The van der Waals surface area contributed by atoms with Gasteiger partial charge in [-0.05, 0) is 36.4 Å². The maximum absolute atomic E-state index is 12.6. The van der Waals surface area contributed by atoms with Crippen LogP contribution in [0.15, 0.2) is 65.4 Å². The van der Waals surface area contributed by atoms with Crippen molar-refractivity contribution in [3.05, 3.63) is 83.2 Å². The van der Waals surface area contributed by atoms with Crippen molar-refractivity contribution in [2.75, 3.05) is 11.9 Å². The Bertz CT molecular complexity index is 996. The summed E-state index contributed by atoms with van der Waals surface area (Å²) in [7, 11) is 1.68. The highest BCUT2D eigenvalue weighted by Crippen LogP contribution is 2.15. The van der Waals surface area contributed by atoms with E-state index in [1.165, 1.54) is 17.0 Å². The number of aromatic nitrogens is 1. The van der Waals surface area contributed by atoms with Crippen LogP contribution in [0.4, 0.5) is 5.69 Å². The molecular formula is C20H17N3O5. The van der Waals surface area contributed by atoms with Gasteiger partial charge in [0.1, 0.15) is 17.5 Å². The summed E-state index contributed by atoms with van der Waals surface area (Å²) in [6.45, 7) is -0.0889. The maximum Gasteiger partial charge on any atom is 0.341 e. The van der Waals surface area contributed by atoms with Crippen LogP contribution in [0, 0.1) is 0 Å². The third kappa shape index (κ3) is 4.07. The Hall–Kier alpha value is -3.94. The molecule has 3 rings (SSSR count). The van der Waals surface area contributed by atoms with Gasteiger partial charge in [-0.2, -0.15) is 0 Å². The first kappa shape index (κ1) is 18.8. The van der Waals surface area contributed by atoms with E-state index < -0.39 is 11.9 Å². The highest BCUT2D eigenvalue weighted by atomic mass is 16.5. The number of anilines is 1. The van der Waals surface area contributed by atoms with Crippen molar-refractivity contribution in [3.63, 3.8) is 0 Å². The van der Waals surface area contributed by atoms with E-state index in [-0.39, 0.29) is 23.7 Å². The molecule has 0 aliphatic carbocycles. The summed E-state index contributed by atoms with van der Waals surface area (Å²) in [5.74, 6) is -1.81. The molecule has 2 N–H and O–H groups in total. The van der Waals surface area contributed by atoms with E-state index in [0.29, 0.717) is 11.1 Å². The number of amides is 2. The average molecular weight is 379 g/mol. The lowest BCUT2D eigenvalue weighted by atomic mass is 10.1. The molecule has 0 saturated heterocycles. The van der Waals surface area contributed by atoms with E-state index in [1.807, 2.05) is 30.3 Å². The standard InChI is InChI=1S/C20H17N3O5/c1-23(15-5-3-2-4-6-15)19(25)14-9-7-13(8-10-14)18(24)21-11-17-16(20(26)27)12-28-22-17/h2-10,12H,11H2,1H3,(H,21,24)(H,26,27). The third-order valence-electron chi connectivity index (χ3n) is 4.13. The van der Waals surface area contributed by atoms with Gasteiger partial charge in [0.15, 0.2) is 0 Å². The number of hydrogen-bond donors (Lipinski definition) is 2. The van der Waals surface area contributed by atoms with E-state index >= 15 is 0 Å². The predicted octanol–water partition coefficient (Wildman–Crippen LogP) is 2.58. The van der Waals surface area contributed by atoms with Gasteiger partial charge < -0.3 is 19.8 Å². The summed E-state index contributed by atoms with van der Waals surface area (Å²) in [6, 6.07) is 15.4. The van der Waals surface area contributed by atoms with Crippen LogP contribution < -0.4 is 10.2 Å². The normalized spacial score (nSPS) is 10.3. The van der Waals surface area contributed by atoms with E-state index in [2.05, 4.69) is 15.0 Å². The van der Waals surface area contributed by atoms with Crippen LogP contribution in [-0.4, -0.2) is 35.1 Å². The zero-order valence-corrected chi connectivity index (χ0v) is 15.0. The van der Waals surface area contributed by atoms with Crippen LogP contribution >= 0.6 is 0 Å². The van der Waals surface area contributed by atoms with Gasteiger partial charge in [0.05, 0.1) is 6.54 Å². The second-order valence-electron chi connectivity index (χ2n) is 5.94. The smallest absolute Gasteiger partial charge is 0.341 e. The van der Waals surface area contributed by atoms with Gasteiger partial charge in [0, 0.05) is 23.9 Å². The minimum atomic E-state index is -1.18. The van der Waals surface area contributed by atoms with Gasteiger partial charge >= 0.3 is 5.97 Å². The molecule has 2 aromatic carbocycles. The van der Waals surface area contributed by atoms with E-state index in [9.17, 15) is 14.4 Å². The van der Waals surface area contributed by atoms with E-state index in [4.69, 9.17) is 5.11 Å². The molecule has 3 aromatic rings. The second kappa shape index (κ2) is 8.17. The Morgan fingerprint density at radius 3 is 2.32 bits per heavy atom. The molecule has 1 heterocycles. The van der Waals surface area contributed by atoms with Crippen molar-refractivity contribution < 1.29 is 24.0 Å². The highest BCUT2D eigenvalue weighted by Gasteiger charge is 2.17. The summed E-state index contributed by atoms with van der Waals surface area (Å²) in [6.07, 6.45) is 1.01. The van der Waals surface area contributed by atoms with Crippen LogP contribution in [-0.2, 0) is 6.54 Å². The van der Waals surface area contributed by atoms with Gasteiger partial charge in [-0.3, -0.25) is 9.59 Å². The largest absolute Gasteiger partial charge is 0.478 e. The van der Waals surface area contributed by atoms with Crippen LogP contribution in [0.5, 0.6) is 0 Å². The lowest BCUT2D eigenvalue weighted by Gasteiger charge is -2.17. The van der Waals surface area contributed by atoms with Crippen LogP contribution in [0.3, 0.4) is 0 Å². The Balaban J connectivity index is 1.65. The molecule has 0 fully saturated rings. The highest BCUT2D eigenvalue weighted by molar-refractivity contribution is 6.06. The third-order valence-corrected chi connectivity index (χ3v) is 4.13. The monoisotopic (exact) mass is 379 g/mol. The number of aromatic carboxylic acids is 1.